The number of aromatic nitrogens is 2. The van der Waals surface area contributed by atoms with Crippen LogP contribution in [0.2, 0.25) is 0 Å². The molecule has 0 aromatic carbocycles. The molecule has 1 amide bonds. The van der Waals surface area contributed by atoms with Crippen molar-refractivity contribution < 1.29 is 10.0 Å². The summed E-state index contributed by atoms with van der Waals surface area (Å²) in [4.78, 5) is 20.0. The summed E-state index contributed by atoms with van der Waals surface area (Å²) in [5, 5.41) is 10.4. The predicted molar refractivity (Wildman–Crippen MR) is 75.5 cm³/mol. The number of aryl methyl sites for hydroxylation is 1. The van der Waals surface area contributed by atoms with Crippen LogP contribution in [0, 0.1) is 13.1 Å². The predicted octanol–water partition coefficient (Wildman–Crippen LogP) is 1.46. The van der Waals surface area contributed by atoms with Gasteiger partial charge >= 0.3 is 0 Å². The second-order valence-electron chi connectivity index (χ2n) is 4.81. The van der Waals surface area contributed by atoms with Gasteiger partial charge in [-0.05, 0) is 36.3 Å². The van der Waals surface area contributed by atoms with Crippen molar-refractivity contribution in [3.8, 4) is 11.3 Å². The molecule has 0 spiro atoms. The average Bonchev–Trinajstić information content (AvgIpc) is 2.46. The summed E-state index contributed by atoms with van der Waals surface area (Å²) in [5.41, 5.74) is 9.22. The number of carbonyl (C=O) groups is 1. The number of rotatable bonds is 2. The van der Waals surface area contributed by atoms with Crippen LogP contribution in [0.5, 0.6) is 0 Å². The number of pyridine rings is 2. The van der Waals surface area contributed by atoms with Crippen LogP contribution in [0.3, 0.4) is 0 Å². The summed E-state index contributed by atoms with van der Waals surface area (Å²) in [6, 6.07) is 2.66. The van der Waals surface area contributed by atoms with Gasteiger partial charge in [-0.15, -0.1) is 0 Å². The molecule has 1 atom stereocenters. The fourth-order valence-electron chi connectivity index (χ4n) is 2.33. The third-order valence-corrected chi connectivity index (χ3v) is 3.44. The molecule has 1 aliphatic rings. The summed E-state index contributed by atoms with van der Waals surface area (Å²) in [7, 11) is 0. The van der Waals surface area contributed by atoms with E-state index in [-0.39, 0.29) is 0 Å². The average molecular weight is 281 g/mol. The highest BCUT2D eigenvalue weighted by Gasteiger charge is 2.29. The number of amides is 1. The Bertz CT molecular complexity index is 742. The van der Waals surface area contributed by atoms with Crippen molar-refractivity contribution in [2.75, 3.05) is 0 Å². The van der Waals surface area contributed by atoms with Gasteiger partial charge in [-0.2, -0.15) is 0 Å². The van der Waals surface area contributed by atoms with Gasteiger partial charge < -0.3 is 5.73 Å². The first-order valence-corrected chi connectivity index (χ1v) is 6.35. The lowest BCUT2D eigenvalue weighted by molar-refractivity contribution is -0.141. The minimum Gasteiger partial charge on any atom is -0.367 e. The van der Waals surface area contributed by atoms with E-state index in [1.807, 2.05) is 13.0 Å². The van der Waals surface area contributed by atoms with Gasteiger partial charge in [-0.25, -0.2) is 5.06 Å². The van der Waals surface area contributed by atoms with E-state index in [0.717, 1.165) is 11.1 Å². The molecule has 1 radical (unpaired) electrons. The standard InChI is InChI=1S/C15H13N4O2/c1-9-2-4-17-8-12(9)13-6-11-10(7-18-13)3-5-19(21)14(11)15(16)20/h2-4,6-8,14,21H,1H3,(H2,16,20). The van der Waals surface area contributed by atoms with Crippen molar-refractivity contribution in [3.05, 3.63) is 53.6 Å². The lowest BCUT2D eigenvalue weighted by atomic mass is 9.96. The van der Waals surface area contributed by atoms with Gasteiger partial charge in [0, 0.05) is 29.7 Å². The molecule has 0 bridgehead atoms. The Kier molecular flexibility index (Phi) is 3.15. The van der Waals surface area contributed by atoms with E-state index in [4.69, 9.17) is 5.73 Å². The number of nitrogens with two attached hydrogens (primary N) is 1. The summed E-state index contributed by atoms with van der Waals surface area (Å²) in [6.07, 6.45) is 9.16. The monoisotopic (exact) mass is 281 g/mol. The Morgan fingerprint density at radius 2 is 2.29 bits per heavy atom. The summed E-state index contributed by atoms with van der Waals surface area (Å²) in [5.74, 6) is -0.653. The van der Waals surface area contributed by atoms with Gasteiger partial charge in [0.2, 0.25) is 5.91 Å². The summed E-state index contributed by atoms with van der Waals surface area (Å²) >= 11 is 0. The van der Waals surface area contributed by atoms with Gasteiger partial charge in [0.25, 0.3) is 0 Å². The molecular formula is C15H13N4O2. The Labute approximate surface area is 121 Å². The van der Waals surface area contributed by atoms with Gasteiger partial charge in [-0.3, -0.25) is 20.0 Å². The molecule has 2 aromatic heterocycles. The number of fused-ring (bicyclic) bond motifs is 1. The van der Waals surface area contributed by atoms with E-state index in [9.17, 15) is 10.0 Å². The van der Waals surface area contributed by atoms with Crippen molar-refractivity contribution in [1.82, 2.24) is 15.0 Å². The zero-order valence-corrected chi connectivity index (χ0v) is 11.3. The fraction of sp³-hybridized carbons (Fsp3) is 0.133. The number of hydroxylamine groups is 2. The number of carbonyl (C=O) groups excluding carboxylic acids is 1. The molecule has 21 heavy (non-hydrogen) atoms. The van der Waals surface area contributed by atoms with Crippen LogP contribution in [0.1, 0.15) is 22.7 Å². The van der Waals surface area contributed by atoms with Crippen LogP contribution in [-0.4, -0.2) is 26.1 Å². The Balaban J connectivity index is 2.15. The molecule has 3 rings (SSSR count). The number of hydrogen-bond donors (Lipinski definition) is 2. The molecule has 1 aliphatic heterocycles. The Morgan fingerprint density at radius 3 is 3.00 bits per heavy atom. The largest absolute Gasteiger partial charge is 0.367 e. The van der Waals surface area contributed by atoms with Crippen molar-refractivity contribution in [1.29, 1.82) is 0 Å². The van der Waals surface area contributed by atoms with Crippen molar-refractivity contribution in [2.45, 2.75) is 13.0 Å². The molecule has 6 heteroatoms. The van der Waals surface area contributed by atoms with Crippen LogP contribution >= 0.6 is 0 Å². The first kappa shape index (κ1) is 13.3. The van der Waals surface area contributed by atoms with Crippen LogP contribution in [-0.2, 0) is 4.79 Å². The van der Waals surface area contributed by atoms with Crippen LogP contribution < -0.4 is 5.73 Å². The maximum absolute atomic E-state index is 11.6. The van der Waals surface area contributed by atoms with E-state index in [1.54, 1.807) is 30.7 Å². The van der Waals surface area contributed by atoms with E-state index >= 15 is 0 Å². The van der Waals surface area contributed by atoms with Gasteiger partial charge in [-0.1, -0.05) is 0 Å². The van der Waals surface area contributed by atoms with Crippen LogP contribution in [0.25, 0.3) is 17.3 Å². The molecule has 105 valence electrons. The molecule has 0 aliphatic carbocycles. The molecule has 1 unspecified atom stereocenters. The van der Waals surface area contributed by atoms with E-state index in [1.165, 1.54) is 0 Å². The van der Waals surface area contributed by atoms with Crippen molar-refractivity contribution >= 4 is 12.0 Å². The molecular weight excluding hydrogens is 268 g/mol. The maximum Gasteiger partial charge on any atom is 0.247 e. The third kappa shape index (κ3) is 2.25. The first-order valence-electron chi connectivity index (χ1n) is 6.35. The summed E-state index contributed by atoms with van der Waals surface area (Å²) in [6.45, 7) is 1.95. The van der Waals surface area contributed by atoms with E-state index in [0.29, 0.717) is 21.9 Å². The van der Waals surface area contributed by atoms with Crippen LogP contribution in [0.4, 0.5) is 0 Å². The Hall–Kier alpha value is -2.73. The molecule has 2 aromatic rings. The zero-order chi connectivity index (χ0) is 15.0. The number of primary amides is 1. The molecule has 3 heterocycles. The van der Waals surface area contributed by atoms with Crippen LogP contribution in [0.15, 0.2) is 30.7 Å². The minimum absolute atomic E-state index is 0.594. The quantitative estimate of drug-likeness (QED) is 0.869. The van der Waals surface area contributed by atoms with E-state index < -0.39 is 11.9 Å². The Morgan fingerprint density at radius 1 is 1.48 bits per heavy atom. The number of nitrogens with zero attached hydrogens (tertiary/aromatic N) is 3. The lowest BCUT2D eigenvalue weighted by Crippen LogP contribution is -2.35. The normalized spacial score (nSPS) is 16.7. The van der Waals surface area contributed by atoms with Gasteiger partial charge in [0.15, 0.2) is 6.04 Å². The summed E-state index contributed by atoms with van der Waals surface area (Å²) < 4.78 is 0. The smallest absolute Gasteiger partial charge is 0.247 e. The highest BCUT2D eigenvalue weighted by atomic mass is 16.5. The number of hydrogen-bond acceptors (Lipinski definition) is 5. The minimum atomic E-state index is -0.969. The topological polar surface area (TPSA) is 92.3 Å². The molecule has 0 fully saturated rings. The zero-order valence-electron chi connectivity index (χ0n) is 11.3. The maximum atomic E-state index is 11.6. The molecule has 6 nitrogen and oxygen atoms in total. The van der Waals surface area contributed by atoms with Gasteiger partial charge in [0.1, 0.15) is 0 Å². The first-order chi connectivity index (χ1) is 10.1. The van der Waals surface area contributed by atoms with Crippen molar-refractivity contribution in [3.63, 3.8) is 0 Å². The van der Waals surface area contributed by atoms with Crippen molar-refractivity contribution in [2.24, 2.45) is 5.73 Å². The SMILES string of the molecule is Cc1ccncc1-c1cc2c(cn1)C=[C]N(O)C2C(N)=O. The van der Waals surface area contributed by atoms with Gasteiger partial charge in [0.05, 0.1) is 11.9 Å². The van der Waals surface area contributed by atoms with E-state index in [2.05, 4.69) is 16.2 Å². The fourth-order valence-corrected chi connectivity index (χ4v) is 2.33. The lowest BCUT2D eigenvalue weighted by Gasteiger charge is -2.26. The highest BCUT2D eigenvalue weighted by molar-refractivity contribution is 5.84. The second kappa shape index (κ2) is 4.99. The molecule has 3 N–H and O–H groups in total. The molecule has 0 saturated carbocycles. The second-order valence-corrected chi connectivity index (χ2v) is 4.81. The molecule has 0 saturated heterocycles. The highest BCUT2D eigenvalue weighted by Crippen LogP contribution is 2.31. The third-order valence-electron chi connectivity index (χ3n) is 3.44.